The van der Waals surface area contributed by atoms with Crippen molar-refractivity contribution in [3.05, 3.63) is 46.4 Å². The highest BCUT2D eigenvalue weighted by atomic mass is 35.5. The lowest BCUT2D eigenvalue weighted by Gasteiger charge is -2.25. The van der Waals surface area contributed by atoms with Crippen molar-refractivity contribution in [3.8, 4) is 0 Å². The number of nitrogens with one attached hydrogen (secondary N) is 3. The van der Waals surface area contributed by atoms with Gasteiger partial charge < -0.3 is 5.32 Å². The van der Waals surface area contributed by atoms with E-state index in [0.29, 0.717) is 5.92 Å². The van der Waals surface area contributed by atoms with E-state index in [-0.39, 0.29) is 28.4 Å². The smallest absolute Gasteiger partial charge is 0.309 e. The van der Waals surface area contributed by atoms with Gasteiger partial charge in [-0.3, -0.25) is 15.2 Å². The van der Waals surface area contributed by atoms with Crippen LogP contribution in [0.1, 0.15) is 55.1 Å². The highest BCUT2D eigenvalue weighted by molar-refractivity contribution is 6.30. The molecular weight excluding hydrogens is 438 g/mol. The fourth-order valence-corrected chi connectivity index (χ4v) is 3.61. The lowest BCUT2D eigenvalue weighted by Crippen LogP contribution is -2.38. The molecule has 1 aliphatic rings. The molecule has 1 saturated carbocycles. The van der Waals surface area contributed by atoms with Crippen molar-refractivity contribution in [2.45, 2.75) is 51.2 Å². The highest BCUT2D eigenvalue weighted by Crippen LogP contribution is 2.29. The van der Waals surface area contributed by atoms with Crippen LogP contribution in [-0.4, -0.2) is 28.1 Å². The number of halogens is 5. The number of nitrogens with zero attached hydrogens (tertiary/aromatic N) is 2. The third-order valence-electron chi connectivity index (χ3n) is 5.21. The number of aromatic nitrogens is 2. The minimum atomic E-state index is -4.59. The molecule has 1 heterocycles. The molecule has 3 rings (SSSR count). The van der Waals surface area contributed by atoms with E-state index in [9.17, 15) is 22.4 Å². The van der Waals surface area contributed by atoms with Crippen LogP contribution in [0, 0.1) is 11.7 Å². The van der Waals surface area contributed by atoms with E-state index in [1.807, 2.05) is 12.0 Å². The number of benzene rings is 1. The van der Waals surface area contributed by atoms with E-state index in [1.165, 1.54) is 12.1 Å². The van der Waals surface area contributed by atoms with Crippen LogP contribution in [0.2, 0.25) is 5.02 Å². The molecule has 1 amide bonds. The maximum atomic E-state index is 13.7. The van der Waals surface area contributed by atoms with Gasteiger partial charge in [-0.15, -0.1) is 0 Å². The maximum Gasteiger partial charge on any atom is 0.432 e. The quantitative estimate of drug-likeness (QED) is 0.326. The molecule has 1 aromatic carbocycles. The number of H-pyrrole nitrogens is 1. The average Bonchev–Trinajstić information content (AvgIpc) is 3.19. The summed E-state index contributed by atoms with van der Waals surface area (Å²) in [6, 6.07) is 4.12. The third-order valence-corrected chi connectivity index (χ3v) is 5.51. The fourth-order valence-electron chi connectivity index (χ4n) is 3.49. The van der Waals surface area contributed by atoms with E-state index in [2.05, 4.69) is 20.7 Å². The third kappa shape index (κ3) is 6.19. The van der Waals surface area contributed by atoms with Gasteiger partial charge in [0.25, 0.3) is 5.91 Å². The summed E-state index contributed by atoms with van der Waals surface area (Å²) < 4.78 is 52.3. The van der Waals surface area contributed by atoms with Crippen LogP contribution in [0.15, 0.2) is 29.3 Å². The number of alkyl halides is 3. The first kappa shape index (κ1) is 23.1. The van der Waals surface area contributed by atoms with Gasteiger partial charge in [0, 0.05) is 11.6 Å². The minimum absolute atomic E-state index is 0.0141. The van der Waals surface area contributed by atoms with Crippen LogP contribution >= 0.6 is 11.6 Å². The summed E-state index contributed by atoms with van der Waals surface area (Å²) in [4.78, 5) is 17.1. The fraction of sp³-hybridized carbons (Fsp3) is 0.450. The Morgan fingerprint density at radius 1 is 1.26 bits per heavy atom. The van der Waals surface area contributed by atoms with Crippen LogP contribution in [-0.2, 0) is 6.18 Å². The van der Waals surface area contributed by atoms with Crippen molar-refractivity contribution in [3.63, 3.8) is 0 Å². The van der Waals surface area contributed by atoms with Gasteiger partial charge in [0.05, 0.1) is 11.1 Å². The Hall–Kier alpha value is -2.62. The number of amides is 1. The number of carbonyl (C=O) groups is 1. The summed E-state index contributed by atoms with van der Waals surface area (Å²) in [5, 5.41) is 10.5. The molecule has 11 heteroatoms. The zero-order valence-electron chi connectivity index (χ0n) is 16.7. The Morgan fingerprint density at radius 3 is 2.58 bits per heavy atom. The molecule has 168 valence electrons. The van der Waals surface area contributed by atoms with Crippen LogP contribution < -0.4 is 10.6 Å². The number of hydrogen-bond acceptors (Lipinski definition) is 3. The number of anilines is 1. The number of rotatable bonds is 4. The normalized spacial score (nSPS) is 16.8. The van der Waals surface area contributed by atoms with Gasteiger partial charge in [-0.25, -0.2) is 9.38 Å². The van der Waals surface area contributed by atoms with Gasteiger partial charge in [-0.1, -0.05) is 30.9 Å². The second kappa shape index (κ2) is 9.67. The van der Waals surface area contributed by atoms with Crippen LogP contribution in [0.25, 0.3) is 0 Å². The molecule has 0 saturated heterocycles. The molecule has 0 spiro atoms. The summed E-state index contributed by atoms with van der Waals surface area (Å²) >= 11 is 5.65. The molecule has 0 bridgehead atoms. The van der Waals surface area contributed by atoms with Crippen LogP contribution in [0.4, 0.5) is 23.4 Å². The zero-order chi connectivity index (χ0) is 22.6. The number of hydrogen-bond donors (Lipinski definition) is 3. The number of carbonyl (C=O) groups excluding carboxylic acids is 1. The molecule has 0 aliphatic heterocycles. The standard InChI is InChI=1S/C20H22ClF4N5O/c1-11(12-5-3-2-4-6-12)26-19(27-17-10-16(29-30-17)20(23,24)25)28-18(31)13-7-8-14(21)15(22)9-13/h7-12H,2-6H2,1H3,(H3,26,27,28,29,30,31). The zero-order valence-corrected chi connectivity index (χ0v) is 17.4. The number of aromatic amines is 1. The Kier molecular flexibility index (Phi) is 7.19. The molecule has 0 radical (unpaired) electrons. The molecule has 31 heavy (non-hydrogen) atoms. The van der Waals surface area contributed by atoms with Crippen LogP contribution in [0.5, 0.6) is 0 Å². The minimum Gasteiger partial charge on any atom is -0.309 e. The molecule has 1 aliphatic carbocycles. The molecule has 1 atom stereocenters. The molecule has 1 unspecified atom stereocenters. The molecule has 1 fully saturated rings. The monoisotopic (exact) mass is 459 g/mol. The molecule has 2 aromatic rings. The van der Waals surface area contributed by atoms with E-state index >= 15 is 0 Å². The van der Waals surface area contributed by atoms with Crippen molar-refractivity contribution in [2.75, 3.05) is 5.32 Å². The van der Waals surface area contributed by atoms with Crippen molar-refractivity contribution >= 4 is 29.3 Å². The lowest BCUT2D eigenvalue weighted by molar-refractivity contribution is -0.141. The van der Waals surface area contributed by atoms with Crippen molar-refractivity contribution in [1.29, 1.82) is 0 Å². The molecule has 6 nitrogen and oxygen atoms in total. The van der Waals surface area contributed by atoms with Crippen LogP contribution in [0.3, 0.4) is 0 Å². The van der Waals surface area contributed by atoms with Crippen molar-refractivity contribution in [2.24, 2.45) is 10.9 Å². The van der Waals surface area contributed by atoms with Gasteiger partial charge in [0.15, 0.2) is 5.82 Å². The van der Waals surface area contributed by atoms with Gasteiger partial charge in [-0.2, -0.15) is 18.3 Å². The van der Waals surface area contributed by atoms with E-state index in [0.717, 1.165) is 44.2 Å². The Morgan fingerprint density at radius 2 is 1.97 bits per heavy atom. The number of aliphatic imine (C=N–C) groups is 1. The maximum absolute atomic E-state index is 13.7. The van der Waals surface area contributed by atoms with Gasteiger partial charge >= 0.3 is 6.18 Å². The molecule has 3 N–H and O–H groups in total. The largest absolute Gasteiger partial charge is 0.432 e. The first-order chi connectivity index (χ1) is 14.6. The predicted molar refractivity (Wildman–Crippen MR) is 110 cm³/mol. The van der Waals surface area contributed by atoms with E-state index < -0.39 is 23.6 Å². The summed E-state index contributed by atoms with van der Waals surface area (Å²) in [5.74, 6) is -1.40. The molecular formula is C20H22ClF4N5O. The lowest BCUT2D eigenvalue weighted by atomic mass is 9.85. The number of guanidine groups is 1. The topological polar surface area (TPSA) is 82.2 Å². The van der Waals surface area contributed by atoms with Gasteiger partial charge in [-0.05, 0) is 43.9 Å². The highest BCUT2D eigenvalue weighted by Gasteiger charge is 2.33. The van der Waals surface area contributed by atoms with E-state index in [1.54, 1.807) is 0 Å². The van der Waals surface area contributed by atoms with Gasteiger partial charge in [0.2, 0.25) is 5.96 Å². The average molecular weight is 460 g/mol. The Labute approximate surface area is 181 Å². The summed E-state index contributed by atoms with van der Waals surface area (Å²) in [7, 11) is 0. The SMILES string of the molecule is CC(N=C(NC(=O)c1ccc(Cl)c(F)c1)Nc1cc(C(F)(F)F)[nH]n1)C1CCCCC1. The predicted octanol–water partition coefficient (Wildman–Crippen LogP) is 5.39. The summed E-state index contributed by atoms with van der Waals surface area (Å²) in [6.45, 7) is 1.89. The summed E-state index contributed by atoms with van der Waals surface area (Å²) in [5.41, 5.74) is -1.06. The second-order valence-corrected chi connectivity index (χ2v) is 7.90. The Balaban J connectivity index is 1.82. The van der Waals surface area contributed by atoms with Gasteiger partial charge in [0.1, 0.15) is 11.5 Å². The Bertz CT molecular complexity index is 953. The first-order valence-electron chi connectivity index (χ1n) is 9.87. The van der Waals surface area contributed by atoms with Crippen molar-refractivity contribution < 1.29 is 22.4 Å². The first-order valence-corrected chi connectivity index (χ1v) is 10.2. The summed E-state index contributed by atoms with van der Waals surface area (Å²) in [6.07, 6.45) is 0.688. The second-order valence-electron chi connectivity index (χ2n) is 7.49. The van der Waals surface area contributed by atoms with E-state index in [4.69, 9.17) is 11.6 Å². The molecule has 1 aromatic heterocycles. The van der Waals surface area contributed by atoms with Crippen molar-refractivity contribution in [1.82, 2.24) is 15.5 Å².